The highest BCUT2D eigenvalue weighted by molar-refractivity contribution is 4.80. The van der Waals surface area contributed by atoms with E-state index in [1.54, 1.807) is 0 Å². The summed E-state index contributed by atoms with van der Waals surface area (Å²) in [6.45, 7) is 12.4. The van der Waals surface area contributed by atoms with Crippen LogP contribution in [0.3, 0.4) is 0 Å². The first kappa shape index (κ1) is 15.0. The lowest BCUT2D eigenvalue weighted by Gasteiger charge is -2.33. The fourth-order valence-electron chi connectivity index (χ4n) is 2.54. The van der Waals surface area contributed by atoms with Crippen LogP contribution in [0.1, 0.15) is 59.8 Å². The van der Waals surface area contributed by atoms with Crippen molar-refractivity contribution in [2.75, 3.05) is 19.8 Å². The predicted octanol–water partition coefficient (Wildman–Crippen LogP) is 3.61. The molecule has 0 aromatic heterocycles. The quantitative estimate of drug-likeness (QED) is 0.767. The maximum Gasteiger partial charge on any atom is 0.0469 e. The maximum atomic E-state index is 5.47. The molecule has 1 rings (SSSR count). The van der Waals surface area contributed by atoms with Crippen LogP contribution in [0, 0.1) is 11.3 Å². The van der Waals surface area contributed by atoms with Crippen molar-refractivity contribution in [3.05, 3.63) is 0 Å². The molecule has 1 saturated heterocycles. The summed E-state index contributed by atoms with van der Waals surface area (Å²) in [4.78, 5) is 0. The fraction of sp³-hybridized carbons (Fsp3) is 1.00. The Morgan fingerprint density at radius 3 is 2.41 bits per heavy atom. The van der Waals surface area contributed by atoms with E-state index in [-0.39, 0.29) is 0 Å². The summed E-state index contributed by atoms with van der Waals surface area (Å²) in [6.07, 6.45) is 6.34. The van der Waals surface area contributed by atoms with Gasteiger partial charge < -0.3 is 10.1 Å². The molecular weight excluding hydrogens is 210 g/mol. The average Bonchev–Trinajstić information content (AvgIpc) is 2.29. The predicted molar refractivity (Wildman–Crippen MR) is 74.3 cm³/mol. The Balaban J connectivity index is 2.40. The van der Waals surface area contributed by atoms with E-state index in [1.165, 1.54) is 32.1 Å². The van der Waals surface area contributed by atoms with Gasteiger partial charge in [0, 0.05) is 19.3 Å². The van der Waals surface area contributed by atoms with Gasteiger partial charge in [0.05, 0.1) is 0 Å². The third-order valence-corrected chi connectivity index (χ3v) is 3.70. The van der Waals surface area contributed by atoms with E-state index in [4.69, 9.17) is 4.74 Å². The van der Waals surface area contributed by atoms with Crippen molar-refractivity contribution in [3.63, 3.8) is 0 Å². The molecule has 2 nitrogen and oxygen atoms in total. The second kappa shape index (κ2) is 7.38. The van der Waals surface area contributed by atoms with Crippen molar-refractivity contribution >= 4 is 0 Å². The molecule has 17 heavy (non-hydrogen) atoms. The molecule has 0 radical (unpaired) electrons. The van der Waals surface area contributed by atoms with E-state index in [1.807, 2.05) is 0 Å². The van der Waals surface area contributed by atoms with E-state index in [2.05, 4.69) is 33.0 Å². The minimum Gasteiger partial charge on any atom is -0.381 e. The van der Waals surface area contributed by atoms with Gasteiger partial charge in [0.1, 0.15) is 0 Å². The highest BCUT2D eigenvalue weighted by Crippen LogP contribution is 2.27. The highest BCUT2D eigenvalue weighted by Gasteiger charge is 2.24. The number of hydrogen-bond acceptors (Lipinski definition) is 2. The Bertz CT molecular complexity index is 192. The Kier molecular flexibility index (Phi) is 6.50. The minimum absolute atomic E-state index is 0.456. The van der Waals surface area contributed by atoms with Gasteiger partial charge in [0.15, 0.2) is 0 Å². The lowest BCUT2D eigenvalue weighted by atomic mass is 9.83. The van der Waals surface area contributed by atoms with Gasteiger partial charge in [-0.1, -0.05) is 27.7 Å². The second-order valence-corrected chi connectivity index (χ2v) is 6.61. The largest absolute Gasteiger partial charge is 0.381 e. The molecule has 102 valence electrons. The molecule has 0 aliphatic carbocycles. The van der Waals surface area contributed by atoms with Crippen molar-refractivity contribution in [1.29, 1.82) is 0 Å². The SMILES string of the molecule is CCCNC(CCC(C)(C)C)C1CCOCC1. The molecule has 2 heteroatoms. The van der Waals surface area contributed by atoms with E-state index in [9.17, 15) is 0 Å². The zero-order chi connectivity index (χ0) is 12.7. The smallest absolute Gasteiger partial charge is 0.0469 e. The van der Waals surface area contributed by atoms with Crippen LogP contribution in [0.25, 0.3) is 0 Å². The van der Waals surface area contributed by atoms with Gasteiger partial charge in [-0.2, -0.15) is 0 Å². The van der Waals surface area contributed by atoms with Gasteiger partial charge in [-0.15, -0.1) is 0 Å². The van der Waals surface area contributed by atoms with E-state index >= 15 is 0 Å². The molecule has 1 unspecified atom stereocenters. The molecular formula is C15H31NO. The first-order valence-corrected chi connectivity index (χ1v) is 7.34. The Labute approximate surface area is 108 Å². The lowest BCUT2D eigenvalue weighted by molar-refractivity contribution is 0.0510. The van der Waals surface area contributed by atoms with E-state index in [0.29, 0.717) is 11.5 Å². The first-order chi connectivity index (χ1) is 8.03. The van der Waals surface area contributed by atoms with Crippen LogP contribution < -0.4 is 5.32 Å². The van der Waals surface area contributed by atoms with Crippen LogP contribution in [-0.4, -0.2) is 25.8 Å². The van der Waals surface area contributed by atoms with Gasteiger partial charge in [-0.05, 0) is 50.0 Å². The summed E-state index contributed by atoms with van der Waals surface area (Å²) in [6, 6.07) is 0.707. The van der Waals surface area contributed by atoms with Gasteiger partial charge in [-0.25, -0.2) is 0 Å². The molecule has 0 aromatic rings. The molecule has 1 aliphatic heterocycles. The van der Waals surface area contributed by atoms with Crippen molar-refractivity contribution in [2.45, 2.75) is 65.8 Å². The van der Waals surface area contributed by atoms with Crippen molar-refractivity contribution in [2.24, 2.45) is 11.3 Å². The highest BCUT2D eigenvalue weighted by atomic mass is 16.5. The monoisotopic (exact) mass is 241 g/mol. The summed E-state index contributed by atoms with van der Waals surface area (Å²) in [5.41, 5.74) is 0.456. The average molecular weight is 241 g/mol. The van der Waals surface area contributed by atoms with Crippen molar-refractivity contribution < 1.29 is 4.74 Å². The van der Waals surface area contributed by atoms with Gasteiger partial charge in [0.2, 0.25) is 0 Å². The molecule has 1 heterocycles. The zero-order valence-corrected chi connectivity index (χ0v) is 12.2. The van der Waals surface area contributed by atoms with E-state index in [0.717, 1.165) is 25.7 Å². The molecule has 0 bridgehead atoms. The fourth-order valence-corrected chi connectivity index (χ4v) is 2.54. The molecule has 1 aliphatic rings. The second-order valence-electron chi connectivity index (χ2n) is 6.61. The van der Waals surface area contributed by atoms with Crippen LogP contribution in [0.4, 0.5) is 0 Å². The Morgan fingerprint density at radius 1 is 1.24 bits per heavy atom. The first-order valence-electron chi connectivity index (χ1n) is 7.34. The van der Waals surface area contributed by atoms with Crippen LogP contribution in [0.2, 0.25) is 0 Å². The molecule has 0 amide bonds. The van der Waals surface area contributed by atoms with Crippen LogP contribution in [-0.2, 0) is 4.74 Å². The summed E-state index contributed by atoms with van der Waals surface area (Å²) < 4.78 is 5.47. The summed E-state index contributed by atoms with van der Waals surface area (Å²) in [5.74, 6) is 0.831. The molecule has 0 aromatic carbocycles. The normalized spacial score (nSPS) is 20.5. The molecule has 0 spiro atoms. The summed E-state index contributed by atoms with van der Waals surface area (Å²) in [7, 11) is 0. The molecule has 1 N–H and O–H groups in total. The molecule has 1 atom stereocenters. The number of nitrogens with one attached hydrogen (secondary N) is 1. The van der Waals surface area contributed by atoms with Crippen molar-refractivity contribution in [1.82, 2.24) is 5.32 Å². The topological polar surface area (TPSA) is 21.3 Å². The van der Waals surface area contributed by atoms with Crippen LogP contribution in [0.5, 0.6) is 0 Å². The maximum absolute atomic E-state index is 5.47. The summed E-state index contributed by atoms with van der Waals surface area (Å²) >= 11 is 0. The van der Waals surface area contributed by atoms with Gasteiger partial charge in [0.25, 0.3) is 0 Å². The van der Waals surface area contributed by atoms with E-state index < -0.39 is 0 Å². The Morgan fingerprint density at radius 2 is 1.88 bits per heavy atom. The van der Waals surface area contributed by atoms with Gasteiger partial charge in [-0.3, -0.25) is 0 Å². The third-order valence-electron chi connectivity index (χ3n) is 3.70. The Hall–Kier alpha value is -0.0800. The zero-order valence-electron chi connectivity index (χ0n) is 12.2. The lowest BCUT2D eigenvalue weighted by Crippen LogP contribution is -2.40. The van der Waals surface area contributed by atoms with Gasteiger partial charge >= 0.3 is 0 Å². The molecule has 0 saturated carbocycles. The number of rotatable bonds is 6. The standard InChI is InChI=1S/C15H31NO/c1-5-10-16-14(6-9-15(2,3)4)13-7-11-17-12-8-13/h13-14,16H,5-12H2,1-4H3. The van der Waals surface area contributed by atoms with Crippen LogP contribution in [0.15, 0.2) is 0 Å². The molecule has 1 fully saturated rings. The van der Waals surface area contributed by atoms with Crippen molar-refractivity contribution in [3.8, 4) is 0 Å². The minimum atomic E-state index is 0.456. The third kappa shape index (κ3) is 6.42. The number of ether oxygens (including phenoxy) is 1. The van der Waals surface area contributed by atoms with Crippen LogP contribution >= 0.6 is 0 Å². The summed E-state index contributed by atoms with van der Waals surface area (Å²) in [5, 5.41) is 3.76. The number of hydrogen-bond donors (Lipinski definition) is 1.